The third-order valence-electron chi connectivity index (χ3n) is 5.87. The summed E-state index contributed by atoms with van der Waals surface area (Å²) in [7, 11) is -0.455. The number of nitrogens with one attached hydrogen (secondary N) is 1. The fraction of sp³-hybridized carbons (Fsp3) is 0.667. The standard InChI is InChI=1S/C21H31BFNO4/c1-18(2,3)26-17(25)24-21(12-16(23)13-21)14-8-10-15(11-9-14)22-27-19(4,5)20(6,7)28-22/h8-11,16H,12-13H2,1-7H3,(H,24,25)/t16-,21-. The molecular weight excluding hydrogens is 360 g/mol. The van der Waals surface area contributed by atoms with Crippen LogP contribution in [0.1, 0.15) is 66.9 Å². The first-order valence-electron chi connectivity index (χ1n) is 9.84. The maximum Gasteiger partial charge on any atom is 0.494 e. The highest BCUT2D eigenvalue weighted by Crippen LogP contribution is 2.43. The molecule has 1 aromatic carbocycles. The Labute approximate surface area is 167 Å². The van der Waals surface area contributed by atoms with Gasteiger partial charge in [0, 0.05) is 12.8 Å². The largest absolute Gasteiger partial charge is 0.494 e. The zero-order chi connectivity index (χ0) is 21.0. The molecule has 1 aliphatic heterocycles. The summed E-state index contributed by atoms with van der Waals surface area (Å²) in [6, 6.07) is 7.65. The number of alkyl carbamates (subject to hydrolysis) is 1. The first kappa shape index (κ1) is 21.1. The maximum absolute atomic E-state index is 13.7. The van der Waals surface area contributed by atoms with E-state index in [1.54, 1.807) is 20.8 Å². The Hall–Kier alpha value is -1.60. The number of alkyl halides is 1. The van der Waals surface area contributed by atoms with Gasteiger partial charge in [0.05, 0.1) is 16.7 Å². The Balaban J connectivity index is 1.76. The van der Waals surface area contributed by atoms with E-state index in [4.69, 9.17) is 14.0 Å². The minimum absolute atomic E-state index is 0.238. The van der Waals surface area contributed by atoms with E-state index in [0.29, 0.717) is 0 Å². The molecule has 1 aliphatic carbocycles. The van der Waals surface area contributed by atoms with Gasteiger partial charge in [-0.2, -0.15) is 0 Å². The van der Waals surface area contributed by atoms with Crippen LogP contribution in [0.25, 0.3) is 0 Å². The van der Waals surface area contributed by atoms with Gasteiger partial charge in [0.25, 0.3) is 0 Å². The molecule has 1 amide bonds. The van der Waals surface area contributed by atoms with Crippen molar-refractivity contribution in [1.29, 1.82) is 0 Å². The quantitative estimate of drug-likeness (QED) is 0.796. The van der Waals surface area contributed by atoms with Gasteiger partial charge in [0.2, 0.25) is 0 Å². The van der Waals surface area contributed by atoms with Crippen molar-refractivity contribution in [2.75, 3.05) is 0 Å². The van der Waals surface area contributed by atoms with Crippen molar-refractivity contribution in [3.63, 3.8) is 0 Å². The molecular formula is C21H31BFNO4. The van der Waals surface area contributed by atoms with Crippen LogP contribution in [-0.4, -0.2) is 36.2 Å². The van der Waals surface area contributed by atoms with E-state index in [1.807, 2.05) is 52.0 Å². The van der Waals surface area contributed by atoms with Crippen LogP contribution in [0, 0.1) is 0 Å². The summed E-state index contributed by atoms with van der Waals surface area (Å²) in [6.45, 7) is 13.5. The van der Waals surface area contributed by atoms with E-state index >= 15 is 0 Å². The molecule has 2 fully saturated rings. The van der Waals surface area contributed by atoms with Gasteiger partial charge in [-0.25, -0.2) is 9.18 Å². The smallest absolute Gasteiger partial charge is 0.444 e. The number of ether oxygens (including phenoxy) is 1. The molecule has 28 heavy (non-hydrogen) atoms. The van der Waals surface area contributed by atoms with Crippen LogP contribution in [-0.2, 0) is 19.6 Å². The molecule has 0 radical (unpaired) electrons. The van der Waals surface area contributed by atoms with E-state index in [2.05, 4.69) is 5.32 Å². The molecule has 2 aliphatic rings. The van der Waals surface area contributed by atoms with Crippen LogP contribution >= 0.6 is 0 Å². The predicted molar refractivity (Wildman–Crippen MR) is 107 cm³/mol. The number of rotatable bonds is 3. The number of hydrogen-bond acceptors (Lipinski definition) is 4. The fourth-order valence-electron chi connectivity index (χ4n) is 3.54. The van der Waals surface area contributed by atoms with Crippen LogP contribution in [0.4, 0.5) is 9.18 Å². The van der Waals surface area contributed by atoms with E-state index in [9.17, 15) is 9.18 Å². The van der Waals surface area contributed by atoms with Gasteiger partial charge in [-0.3, -0.25) is 0 Å². The van der Waals surface area contributed by atoms with E-state index in [0.717, 1.165) is 11.0 Å². The topological polar surface area (TPSA) is 56.8 Å². The summed E-state index contributed by atoms with van der Waals surface area (Å²) in [5.74, 6) is 0. The lowest BCUT2D eigenvalue weighted by molar-refractivity contribution is 0.00578. The average Bonchev–Trinajstić information content (AvgIpc) is 2.72. The van der Waals surface area contributed by atoms with E-state index in [1.165, 1.54) is 0 Å². The molecule has 1 saturated carbocycles. The zero-order valence-electron chi connectivity index (χ0n) is 17.9. The molecule has 7 heteroatoms. The first-order valence-corrected chi connectivity index (χ1v) is 9.84. The number of halogens is 1. The normalized spacial score (nSPS) is 28.6. The van der Waals surface area contributed by atoms with Gasteiger partial charge in [-0.1, -0.05) is 24.3 Å². The molecule has 0 bridgehead atoms. The Morgan fingerprint density at radius 3 is 2.04 bits per heavy atom. The molecule has 154 valence electrons. The molecule has 1 heterocycles. The Morgan fingerprint density at radius 2 is 1.61 bits per heavy atom. The second-order valence-electron chi connectivity index (χ2n) is 9.92. The van der Waals surface area contributed by atoms with Gasteiger partial charge >= 0.3 is 13.2 Å². The molecule has 1 saturated heterocycles. The van der Waals surface area contributed by atoms with Crippen LogP contribution in [0.5, 0.6) is 0 Å². The van der Waals surface area contributed by atoms with E-state index in [-0.39, 0.29) is 12.8 Å². The molecule has 1 N–H and O–H groups in total. The van der Waals surface area contributed by atoms with Crippen LogP contribution < -0.4 is 10.8 Å². The third-order valence-corrected chi connectivity index (χ3v) is 5.87. The molecule has 0 atom stereocenters. The summed E-state index contributed by atoms with van der Waals surface area (Å²) in [5, 5.41) is 2.88. The van der Waals surface area contributed by atoms with Crippen molar-refractivity contribution in [1.82, 2.24) is 5.32 Å². The van der Waals surface area contributed by atoms with Gasteiger partial charge in [-0.05, 0) is 59.5 Å². The summed E-state index contributed by atoms with van der Waals surface area (Å²) >= 11 is 0. The zero-order valence-corrected chi connectivity index (χ0v) is 17.9. The van der Waals surface area contributed by atoms with Crippen molar-refractivity contribution in [2.45, 2.75) is 89.8 Å². The highest BCUT2D eigenvalue weighted by Gasteiger charge is 2.52. The van der Waals surface area contributed by atoms with Gasteiger partial charge < -0.3 is 19.4 Å². The molecule has 0 unspecified atom stereocenters. The Morgan fingerprint density at radius 1 is 1.11 bits per heavy atom. The van der Waals surface area contributed by atoms with Crippen molar-refractivity contribution in [3.8, 4) is 0 Å². The second-order valence-corrected chi connectivity index (χ2v) is 9.92. The van der Waals surface area contributed by atoms with Crippen molar-refractivity contribution >= 4 is 18.7 Å². The lowest BCUT2D eigenvalue weighted by Gasteiger charge is -2.45. The fourth-order valence-corrected chi connectivity index (χ4v) is 3.54. The highest BCUT2D eigenvalue weighted by molar-refractivity contribution is 6.62. The van der Waals surface area contributed by atoms with Gasteiger partial charge in [-0.15, -0.1) is 0 Å². The second kappa shape index (κ2) is 6.73. The number of benzene rings is 1. The summed E-state index contributed by atoms with van der Waals surface area (Å²) in [6.07, 6.45) is -0.989. The predicted octanol–water partition coefficient (Wildman–Crippen LogP) is 3.84. The molecule has 1 aromatic rings. The molecule has 0 aromatic heterocycles. The van der Waals surface area contributed by atoms with Crippen LogP contribution in [0.3, 0.4) is 0 Å². The average molecular weight is 391 g/mol. The van der Waals surface area contributed by atoms with Gasteiger partial charge in [0.15, 0.2) is 0 Å². The summed E-state index contributed by atoms with van der Waals surface area (Å²) in [4.78, 5) is 12.3. The van der Waals surface area contributed by atoms with Crippen LogP contribution in [0.2, 0.25) is 0 Å². The lowest BCUT2D eigenvalue weighted by Crippen LogP contribution is -2.56. The molecule has 0 spiro atoms. The summed E-state index contributed by atoms with van der Waals surface area (Å²) in [5.41, 5.74) is -0.421. The number of carbonyl (C=O) groups excluding carboxylic acids is 1. The van der Waals surface area contributed by atoms with Gasteiger partial charge in [0.1, 0.15) is 11.8 Å². The lowest BCUT2D eigenvalue weighted by atomic mass is 9.69. The number of amides is 1. The Bertz CT molecular complexity index is 720. The Kier molecular flexibility index (Phi) is 5.08. The third kappa shape index (κ3) is 4.06. The number of hydrogen-bond donors (Lipinski definition) is 1. The maximum atomic E-state index is 13.7. The first-order chi connectivity index (χ1) is 12.7. The molecule has 5 nitrogen and oxygen atoms in total. The SMILES string of the molecule is CC(C)(C)OC(=O)N[C@]1(c2ccc(B3OC(C)(C)C(C)(C)O3)cc2)C[C@@H](F)C1. The minimum Gasteiger partial charge on any atom is -0.444 e. The minimum atomic E-state index is -0.933. The molecule has 3 rings (SSSR count). The van der Waals surface area contributed by atoms with Crippen LogP contribution in [0.15, 0.2) is 24.3 Å². The van der Waals surface area contributed by atoms with Crippen molar-refractivity contribution in [3.05, 3.63) is 29.8 Å². The van der Waals surface area contributed by atoms with Crippen molar-refractivity contribution < 1.29 is 23.2 Å². The van der Waals surface area contributed by atoms with Crippen molar-refractivity contribution in [2.24, 2.45) is 0 Å². The number of carbonyl (C=O) groups is 1. The monoisotopic (exact) mass is 391 g/mol. The highest BCUT2D eigenvalue weighted by atomic mass is 19.1. The summed E-state index contributed by atoms with van der Waals surface area (Å²) < 4.78 is 31.3. The van der Waals surface area contributed by atoms with E-state index < -0.39 is 41.7 Å².